The first-order chi connectivity index (χ1) is 14.0. The lowest BCUT2D eigenvalue weighted by atomic mass is 10.1. The molecule has 0 saturated heterocycles. The summed E-state index contributed by atoms with van der Waals surface area (Å²) in [5.41, 5.74) is 0.170. The minimum Gasteiger partial charge on any atom is -0.467 e. The monoisotopic (exact) mass is 442 g/mol. The van der Waals surface area contributed by atoms with E-state index in [9.17, 15) is 14.4 Å². The molecule has 1 rings (SSSR count). The van der Waals surface area contributed by atoms with Crippen molar-refractivity contribution in [3.05, 3.63) is 34.9 Å². The van der Waals surface area contributed by atoms with Crippen LogP contribution < -0.4 is 5.32 Å². The summed E-state index contributed by atoms with van der Waals surface area (Å²) in [7, 11) is 2.78. The number of hydrogen-bond donors (Lipinski definition) is 1. The molecule has 2 amide bonds. The molecule has 0 aliphatic rings. The normalized spacial score (nSPS) is 11.9. The molecule has 0 spiro atoms. The Morgan fingerprint density at radius 1 is 1.13 bits per heavy atom. The average molecular weight is 443 g/mol. The Morgan fingerprint density at radius 2 is 1.77 bits per heavy atom. The lowest BCUT2D eigenvalue weighted by Crippen LogP contribution is -2.45. The number of benzene rings is 1. The highest BCUT2D eigenvalue weighted by atomic mass is 35.5. The molecule has 0 aliphatic carbocycles. The number of carbonyl (C=O) groups excluding carboxylic acids is 3. The number of methoxy groups -OCH3 is 1. The molecule has 1 atom stereocenters. The summed E-state index contributed by atoms with van der Waals surface area (Å²) in [5.74, 6) is -0.515. The number of unbranched alkanes of at least 4 members (excludes halogenated alkanes) is 1. The summed E-state index contributed by atoms with van der Waals surface area (Å²) >= 11 is 5.81. The molecule has 0 unspecified atom stereocenters. The number of carbonyl (C=O) groups is 3. The van der Waals surface area contributed by atoms with E-state index in [-0.39, 0.29) is 6.61 Å². The van der Waals surface area contributed by atoms with Gasteiger partial charge in [0.1, 0.15) is 18.2 Å². The maximum absolute atomic E-state index is 12.2. The van der Waals surface area contributed by atoms with Crippen LogP contribution in [-0.4, -0.2) is 55.4 Å². The van der Waals surface area contributed by atoms with Crippen molar-refractivity contribution in [2.75, 3.05) is 20.7 Å². The largest absolute Gasteiger partial charge is 0.467 e. The highest BCUT2D eigenvalue weighted by molar-refractivity contribution is 6.30. The van der Waals surface area contributed by atoms with Gasteiger partial charge in [-0.2, -0.15) is 0 Å². The van der Waals surface area contributed by atoms with Crippen molar-refractivity contribution in [1.29, 1.82) is 0 Å². The molecule has 0 radical (unpaired) electrons. The third-order valence-corrected chi connectivity index (χ3v) is 4.33. The van der Waals surface area contributed by atoms with Crippen LogP contribution in [0.2, 0.25) is 5.02 Å². The Kier molecular flexibility index (Phi) is 10.5. The maximum atomic E-state index is 12.2. The number of halogens is 1. The van der Waals surface area contributed by atoms with E-state index in [0.717, 1.165) is 5.56 Å². The third kappa shape index (κ3) is 9.82. The molecule has 9 heteroatoms. The second-order valence-electron chi connectivity index (χ2n) is 7.76. The quantitative estimate of drug-likeness (QED) is 0.351. The summed E-state index contributed by atoms with van der Waals surface area (Å²) in [4.78, 5) is 37.3. The molecular formula is C21H31ClN2O6. The fourth-order valence-electron chi connectivity index (χ4n) is 2.50. The van der Waals surface area contributed by atoms with E-state index in [1.54, 1.807) is 45.0 Å². The number of likely N-dealkylation sites (N-methyl/N-ethyl adjacent to an activating group) is 1. The third-order valence-electron chi connectivity index (χ3n) is 4.08. The number of nitrogens with zero attached hydrogens (tertiary/aromatic N) is 1. The van der Waals surface area contributed by atoms with E-state index < -0.39 is 29.8 Å². The van der Waals surface area contributed by atoms with Gasteiger partial charge in [0.15, 0.2) is 0 Å². The fourth-order valence-corrected chi connectivity index (χ4v) is 2.63. The average Bonchev–Trinajstić information content (AvgIpc) is 2.68. The lowest BCUT2D eigenvalue weighted by Gasteiger charge is -2.29. The minimum absolute atomic E-state index is 0.147. The molecule has 0 bridgehead atoms. The van der Waals surface area contributed by atoms with Crippen LogP contribution in [0.25, 0.3) is 0 Å². The van der Waals surface area contributed by atoms with Crippen LogP contribution in [0.15, 0.2) is 24.3 Å². The van der Waals surface area contributed by atoms with Gasteiger partial charge in [-0.3, -0.25) is 4.90 Å². The van der Waals surface area contributed by atoms with Crippen LogP contribution in [0.5, 0.6) is 0 Å². The second kappa shape index (κ2) is 12.3. The summed E-state index contributed by atoms with van der Waals surface area (Å²) < 4.78 is 15.2. The van der Waals surface area contributed by atoms with Crippen LogP contribution in [0.4, 0.5) is 9.59 Å². The van der Waals surface area contributed by atoms with Crippen LogP contribution in [0, 0.1) is 0 Å². The molecule has 0 aliphatic heterocycles. The highest BCUT2D eigenvalue weighted by Crippen LogP contribution is 2.15. The molecule has 0 fully saturated rings. The predicted octanol–water partition coefficient (Wildman–Crippen LogP) is 4.15. The van der Waals surface area contributed by atoms with Crippen molar-refractivity contribution in [2.24, 2.45) is 0 Å². The molecule has 0 heterocycles. The first-order valence-corrected chi connectivity index (χ1v) is 10.1. The summed E-state index contributed by atoms with van der Waals surface area (Å²) in [6.45, 7) is 5.79. The van der Waals surface area contributed by atoms with E-state index in [1.807, 2.05) is 0 Å². The number of alkyl carbamates (subject to hydrolysis) is 1. The molecule has 8 nitrogen and oxygen atoms in total. The van der Waals surface area contributed by atoms with Gasteiger partial charge in [-0.25, -0.2) is 14.4 Å². The molecular weight excluding hydrogens is 412 g/mol. The highest BCUT2D eigenvalue weighted by Gasteiger charge is 2.30. The maximum Gasteiger partial charge on any atom is 0.410 e. The van der Waals surface area contributed by atoms with E-state index in [0.29, 0.717) is 30.8 Å². The zero-order chi connectivity index (χ0) is 22.7. The van der Waals surface area contributed by atoms with Crippen molar-refractivity contribution in [3.8, 4) is 0 Å². The Labute approximate surface area is 182 Å². The van der Waals surface area contributed by atoms with Crippen LogP contribution >= 0.6 is 11.6 Å². The fraction of sp³-hybridized carbons (Fsp3) is 0.571. The molecule has 1 aromatic carbocycles. The number of hydrogen-bond acceptors (Lipinski definition) is 6. The summed E-state index contributed by atoms with van der Waals surface area (Å²) in [6.07, 6.45) is 0.446. The smallest absolute Gasteiger partial charge is 0.410 e. The van der Waals surface area contributed by atoms with Gasteiger partial charge in [-0.15, -0.1) is 0 Å². The van der Waals surface area contributed by atoms with Gasteiger partial charge in [0, 0.05) is 18.6 Å². The van der Waals surface area contributed by atoms with Crippen molar-refractivity contribution >= 4 is 29.8 Å². The van der Waals surface area contributed by atoms with Gasteiger partial charge in [-0.05, 0) is 57.7 Å². The standard InChI is InChI=1S/C21H31ClN2O6/c1-21(2,3)30-20(27)24(4)17(18(25)28-5)8-6-7-13-23-19(26)29-14-15-9-11-16(22)12-10-15/h9-12,17H,6-8,13-14H2,1-5H3,(H,23,26)/t17-/m0/s1. The Morgan fingerprint density at radius 3 is 2.33 bits per heavy atom. The minimum atomic E-state index is -0.762. The number of amides is 2. The van der Waals surface area contributed by atoms with E-state index in [1.165, 1.54) is 19.1 Å². The van der Waals surface area contributed by atoms with Crippen molar-refractivity contribution in [3.63, 3.8) is 0 Å². The van der Waals surface area contributed by atoms with Gasteiger partial charge in [0.25, 0.3) is 0 Å². The van der Waals surface area contributed by atoms with Crippen molar-refractivity contribution < 1.29 is 28.6 Å². The molecule has 168 valence electrons. The topological polar surface area (TPSA) is 94.2 Å². The Hall–Kier alpha value is -2.48. The number of esters is 1. The van der Waals surface area contributed by atoms with Crippen LogP contribution in [-0.2, 0) is 25.6 Å². The van der Waals surface area contributed by atoms with Crippen LogP contribution in [0.3, 0.4) is 0 Å². The molecule has 1 aromatic rings. The second-order valence-corrected chi connectivity index (χ2v) is 8.19. The first kappa shape index (κ1) is 25.6. The summed E-state index contributed by atoms with van der Waals surface area (Å²) in [5, 5.41) is 3.27. The van der Waals surface area contributed by atoms with Gasteiger partial charge in [0.2, 0.25) is 0 Å². The van der Waals surface area contributed by atoms with Crippen molar-refractivity contribution in [1.82, 2.24) is 10.2 Å². The Bertz CT molecular complexity index is 702. The number of ether oxygens (including phenoxy) is 3. The number of nitrogens with one attached hydrogen (secondary N) is 1. The summed E-state index contributed by atoms with van der Waals surface area (Å²) in [6, 6.07) is 6.25. The van der Waals surface area contributed by atoms with Crippen molar-refractivity contribution in [2.45, 2.75) is 58.3 Å². The first-order valence-electron chi connectivity index (χ1n) is 9.72. The lowest BCUT2D eigenvalue weighted by molar-refractivity contribution is -0.146. The SMILES string of the molecule is COC(=O)[C@H](CCCCNC(=O)OCc1ccc(Cl)cc1)N(C)C(=O)OC(C)(C)C. The predicted molar refractivity (Wildman–Crippen MR) is 113 cm³/mol. The molecule has 0 saturated carbocycles. The Balaban J connectivity index is 2.37. The van der Waals surface area contributed by atoms with E-state index in [2.05, 4.69) is 5.32 Å². The van der Waals surface area contributed by atoms with E-state index in [4.69, 9.17) is 25.8 Å². The van der Waals surface area contributed by atoms with Gasteiger partial charge in [0.05, 0.1) is 7.11 Å². The van der Waals surface area contributed by atoms with E-state index >= 15 is 0 Å². The van der Waals surface area contributed by atoms with Gasteiger partial charge in [-0.1, -0.05) is 23.7 Å². The zero-order valence-electron chi connectivity index (χ0n) is 18.2. The van der Waals surface area contributed by atoms with Gasteiger partial charge < -0.3 is 19.5 Å². The molecule has 30 heavy (non-hydrogen) atoms. The number of rotatable bonds is 9. The van der Waals surface area contributed by atoms with Crippen LogP contribution in [0.1, 0.15) is 45.6 Å². The molecule has 0 aromatic heterocycles. The zero-order valence-corrected chi connectivity index (χ0v) is 19.0. The van der Waals surface area contributed by atoms with Gasteiger partial charge >= 0.3 is 18.2 Å². The molecule has 1 N–H and O–H groups in total.